The Bertz CT molecular complexity index is 1090. The first kappa shape index (κ1) is 17.1. The molecule has 1 fully saturated rings. The van der Waals surface area contributed by atoms with E-state index in [0.29, 0.717) is 25.3 Å². The average Bonchev–Trinajstić information content (AvgIpc) is 3.47. The third-order valence-electron chi connectivity index (χ3n) is 5.11. The number of hydrogen-bond donors (Lipinski definition) is 0. The summed E-state index contributed by atoms with van der Waals surface area (Å²) in [7, 11) is 0. The summed E-state index contributed by atoms with van der Waals surface area (Å²) in [4.78, 5) is 4.76. The minimum absolute atomic E-state index is 0.000906. The van der Waals surface area contributed by atoms with E-state index in [2.05, 4.69) is 27.0 Å². The molecule has 0 unspecified atom stereocenters. The quantitative estimate of drug-likeness (QED) is 0.528. The minimum Gasteiger partial charge on any atom is -0.376 e. The molecule has 2 aromatic heterocycles. The van der Waals surface area contributed by atoms with E-state index < -0.39 is 0 Å². The molecule has 0 bridgehead atoms. The van der Waals surface area contributed by atoms with Crippen LogP contribution in [0.2, 0.25) is 0 Å². The van der Waals surface area contributed by atoms with Crippen molar-refractivity contribution in [2.24, 2.45) is 0 Å². The Morgan fingerprint density at radius 3 is 2.75 bits per heavy atom. The monoisotopic (exact) mass is 376 g/mol. The maximum atomic E-state index is 5.92. The van der Waals surface area contributed by atoms with Crippen LogP contribution in [0.15, 0.2) is 59.5 Å². The van der Waals surface area contributed by atoms with E-state index >= 15 is 0 Å². The lowest BCUT2D eigenvalue weighted by Gasteiger charge is -2.21. The molecular formula is C21H20N4O3. The molecule has 5 rings (SSSR count). The molecule has 1 aliphatic rings. The van der Waals surface area contributed by atoms with Crippen LogP contribution in [-0.4, -0.2) is 45.8 Å². The van der Waals surface area contributed by atoms with Crippen LogP contribution in [0.4, 0.5) is 0 Å². The van der Waals surface area contributed by atoms with Gasteiger partial charge >= 0.3 is 0 Å². The van der Waals surface area contributed by atoms with Crippen LogP contribution < -0.4 is 0 Å². The molecule has 0 spiro atoms. The summed E-state index contributed by atoms with van der Waals surface area (Å²) < 4.78 is 18.7. The van der Waals surface area contributed by atoms with Crippen molar-refractivity contribution in [3.63, 3.8) is 0 Å². The lowest BCUT2D eigenvalue weighted by molar-refractivity contribution is 0.0364. The van der Waals surface area contributed by atoms with Crippen molar-refractivity contribution in [1.82, 2.24) is 19.9 Å². The molecule has 0 saturated carbocycles. The molecule has 28 heavy (non-hydrogen) atoms. The van der Waals surface area contributed by atoms with Crippen LogP contribution in [0.1, 0.15) is 13.0 Å². The van der Waals surface area contributed by atoms with Gasteiger partial charge in [0.15, 0.2) is 0 Å². The maximum absolute atomic E-state index is 5.92. The fraction of sp³-hybridized carbons (Fsp3) is 0.286. The summed E-state index contributed by atoms with van der Waals surface area (Å²) in [5.74, 6) is 0. The molecule has 7 heteroatoms. The molecule has 0 radical (unpaired) electrons. The van der Waals surface area contributed by atoms with Crippen molar-refractivity contribution in [1.29, 1.82) is 0 Å². The van der Waals surface area contributed by atoms with E-state index in [1.54, 1.807) is 0 Å². The van der Waals surface area contributed by atoms with E-state index in [0.717, 1.165) is 28.0 Å². The summed E-state index contributed by atoms with van der Waals surface area (Å²) in [6.07, 6.45) is 1.88. The van der Waals surface area contributed by atoms with Gasteiger partial charge in [0.05, 0.1) is 37.0 Å². The molecule has 0 aliphatic carbocycles. The third kappa shape index (κ3) is 2.89. The Balaban J connectivity index is 1.68. The van der Waals surface area contributed by atoms with Gasteiger partial charge in [0.2, 0.25) is 0 Å². The van der Waals surface area contributed by atoms with Gasteiger partial charge in [-0.15, -0.1) is 0 Å². The zero-order chi connectivity index (χ0) is 18.9. The highest BCUT2D eigenvalue weighted by Crippen LogP contribution is 2.36. The number of imidazole rings is 1. The number of aromatic nitrogens is 4. The van der Waals surface area contributed by atoms with Crippen LogP contribution in [0, 0.1) is 0 Å². The predicted octanol–water partition coefficient (Wildman–Crippen LogP) is 3.73. The zero-order valence-corrected chi connectivity index (χ0v) is 15.5. The van der Waals surface area contributed by atoms with Gasteiger partial charge < -0.3 is 14.0 Å². The summed E-state index contributed by atoms with van der Waals surface area (Å²) in [6, 6.07) is 16.2. The number of hydrogen-bond acceptors (Lipinski definition) is 6. The second-order valence-corrected chi connectivity index (χ2v) is 6.78. The highest BCUT2D eigenvalue weighted by atomic mass is 16.6. The minimum atomic E-state index is -0.000906. The van der Waals surface area contributed by atoms with Crippen LogP contribution >= 0.6 is 0 Å². The van der Waals surface area contributed by atoms with Gasteiger partial charge in [0.1, 0.15) is 17.1 Å². The van der Waals surface area contributed by atoms with E-state index in [9.17, 15) is 0 Å². The van der Waals surface area contributed by atoms with Gasteiger partial charge in [-0.3, -0.25) is 0 Å². The number of rotatable bonds is 5. The van der Waals surface area contributed by atoms with Gasteiger partial charge in [-0.05, 0) is 29.4 Å². The Labute approximate surface area is 161 Å². The third-order valence-corrected chi connectivity index (χ3v) is 5.11. The van der Waals surface area contributed by atoms with Gasteiger partial charge in [-0.1, -0.05) is 36.4 Å². The molecule has 1 saturated heterocycles. The van der Waals surface area contributed by atoms with Crippen molar-refractivity contribution >= 4 is 11.0 Å². The van der Waals surface area contributed by atoms with E-state index in [-0.39, 0.29) is 12.1 Å². The molecule has 0 amide bonds. The predicted molar refractivity (Wildman–Crippen MR) is 104 cm³/mol. The Morgan fingerprint density at radius 1 is 1.04 bits per heavy atom. The van der Waals surface area contributed by atoms with Crippen molar-refractivity contribution in [3.05, 3.63) is 54.9 Å². The molecular weight excluding hydrogens is 356 g/mol. The Kier molecular flexibility index (Phi) is 4.38. The van der Waals surface area contributed by atoms with Crippen LogP contribution in [-0.2, 0) is 9.47 Å². The van der Waals surface area contributed by atoms with Crippen LogP contribution in [0.25, 0.3) is 33.5 Å². The number of nitrogens with zero attached hydrogens (tertiary/aromatic N) is 4. The van der Waals surface area contributed by atoms with Crippen LogP contribution in [0.5, 0.6) is 0 Å². The van der Waals surface area contributed by atoms with Gasteiger partial charge in [-0.25, -0.2) is 9.61 Å². The first-order chi connectivity index (χ1) is 13.8. The summed E-state index contributed by atoms with van der Waals surface area (Å²) in [5, 5.41) is 7.91. The van der Waals surface area contributed by atoms with Gasteiger partial charge in [-0.2, -0.15) is 0 Å². The fourth-order valence-electron chi connectivity index (χ4n) is 3.79. The van der Waals surface area contributed by atoms with Crippen molar-refractivity contribution in [2.75, 3.05) is 19.8 Å². The van der Waals surface area contributed by atoms with E-state index in [4.69, 9.17) is 19.1 Å². The standard InChI is InChI=1S/C21H20N4O3/c1-2-27-19-12-26-11-18(19)25-13-22-20(14-6-4-3-5-7-14)21(25)15-8-9-16-17(10-15)24-28-23-16/h3-10,13,18-19H,2,11-12H2,1H3/t18-,19-/m0/s1. The number of benzene rings is 2. The largest absolute Gasteiger partial charge is 0.376 e. The lowest BCUT2D eigenvalue weighted by Crippen LogP contribution is -2.25. The second-order valence-electron chi connectivity index (χ2n) is 6.78. The smallest absolute Gasteiger partial charge is 0.135 e. The second kappa shape index (κ2) is 7.18. The Morgan fingerprint density at radius 2 is 1.89 bits per heavy atom. The highest BCUT2D eigenvalue weighted by molar-refractivity contribution is 5.85. The van der Waals surface area contributed by atoms with Crippen LogP contribution in [0.3, 0.4) is 0 Å². The van der Waals surface area contributed by atoms with Gasteiger partial charge in [0, 0.05) is 17.7 Å². The summed E-state index contributed by atoms with van der Waals surface area (Å²) in [6.45, 7) is 3.83. The van der Waals surface area contributed by atoms with Crippen molar-refractivity contribution in [3.8, 4) is 22.5 Å². The molecule has 7 nitrogen and oxygen atoms in total. The summed E-state index contributed by atoms with van der Waals surface area (Å²) in [5.41, 5.74) is 5.43. The topological polar surface area (TPSA) is 75.2 Å². The Hall–Kier alpha value is -3.03. The molecule has 0 N–H and O–H groups in total. The van der Waals surface area contributed by atoms with E-state index in [1.165, 1.54) is 0 Å². The molecule has 4 aromatic rings. The SMILES string of the molecule is CCO[C@H]1COC[C@@H]1n1cnc(-c2ccccc2)c1-c1ccc2nonc2c1. The molecule has 2 atom stereocenters. The molecule has 142 valence electrons. The molecule has 1 aliphatic heterocycles. The zero-order valence-electron chi connectivity index (χ0n) is 15.5. The normalized spacial score (nSPS) is 19.5. The van der Waals surface area contributed by atoms with Crippen molar-refractivity contribution in [2.45, 2.75) is 19.1 Å². The highest BCUT2D eigenvalue weighted by Gasteiger charge is 2.33. The number of ether oxygens (including phenoxy) is 2. The molecule has 2 aromatic carbocycles. The lowest BCUT2D eigenvalue weighted by atomic mass is 10.0. The summed E-state index contributed by atoms with van der Waals surface area (Å²) >= 11 is 0. The van der Waals surface area contributed by atoms with E-state index in [1.807, 2.05) is 49.6 Å². The first-order valence-corrected chi connectivity index (χ1v) is 9.39. The fourth-order valence-corrected chi connectivity index (χ4v) is 3.79. The van der Waals surface area contributed by atoms with Gasteiger partial charge in [0.25, 0.3) is 0 Å². The average molecular weight is 376 g/mol. The molecule has 3 heterocycles. The first-order valence-electron chi connectivity index (χ1n) is 9.39. The van der Waals surface area contributed by atoms with Crippen molar-refractivity contribution < 1.29 is 14.1 Å². The maximum Gasteiger partial charge on any atom is 0.135 e. The number of fused-ring (bicyclic) bond motifs is 1.